The second-order valence-corrected chi connectivity index (χ2v) is 5.77. The molecule has 0 heterocycles. The average Bonchev–Trinajstić information content (AvgIpc) is 2.31. The first-order valence-corrected chi connectivity index (χ1v) is 7.02. The van der Waals surface area contributed by atoms with Crippen molar-refractivity contribution in [1.29, 1.82) is 0 Å². The van der Waals surface area contributed by atoms with E-state index in [4.69, 9.17) is 0 Å². The summed E-state index contributed by atoms with van der Waals surface area (Å²) < 4.78 is 14.4. The van der Waals surface area contributed by atoms with Crippen molar-refractivity contribution in [3.05, 3.63) is 62.9 Å². The quantitative estimate of drug-likeness (QED) is 0.841. The monoisotopic (exact) mass is 335 g/mol. The summed E-state index contributed by atoms with van der Waals surface area (Å²) in [5, 5.41) is 2.62. The van der Waals surface area contributed by atoms with Crippen LogP contribution < -0.4 is 5.32 Å². The second-order valence-electron chi connectivity index (χ2n) is 4.85. The number of benzene rings is 2. The van der Waals surface area contributed by atoms with Crippen molar-refractivity contribution in [3.63, 3.8) is 0 Å². The van der Waals surface area contributed by atoms with E-state index in [-0.39, 0.29) is 11.6 Å². The number of aryl methyl sites for hydroxylation is 3. The van der Waals surface area contributed by atoms with Crippen molar-refractivity contribution in [1.82, 2.24) is 0 Å². The fourth-order valence-electron chi connectivity index (χ4n) is 2.31. The molecule has 0 saturated heterocycles. The number of carbonyl (C=O) groups excluding carboxylic acids is 1. The van der Waals surface area contributed by atoms with E-state index in [9.17, 15) is 9.18 Å². The van der Waals surface area contributed by atoms with Crippen LogP contribution in [-0.4, -0.2) is 5.91 Å². The standard InChI is InChI=1S/C16H15BrFNO/c1-9-6-10(2)15(11(3)7-9)16(20)19-14-5-4-12(17)8-13(14)18/h4-8H,1-3H3,(H,19,20). The topological polar surface area (TPSA) is 29.1 Å². The SMILES string of the molecule is Cc1cc(C)c(C(=O)Nc2ccc(Br)cc2F)c(C)c1. The molecule has 0 unspecified atom stereocenters. The predicted octanol–water partition coefficient (Wildman–Crippen LogP) is 4.77. The molecule has 0 aliphatic carbocycles. The molecular weight excluding hydrogens is 321 g/mol. The summed E-state index contributed by atoms with van der Waals surface area (Å²) in [5.74, 6) is -0.753. The molecule has 0 spiro atoms. The Labute approximate surface area is 126 Å². The Balaban J connectivity index is 2.33. The molecular formula is C16H15BrFNO. The Bertz CT molecular complexity index is 659. The predicted molar refractivity (Wildman–Crippen MR) is 82.7 cm³/mol. The molecule has 2 aromatic rings. The van der Waals surface area contributed by atoms with E-state index < -0.39 is 5.82 Å². The van der Waals surface area contributed by atoms with Crippen LogP contribution in [0.2, 0.25) is 0 Å². The normalized spacial score (nSPS) is 10.4. The van der Waals surface area contributed by atoms with Crippen molar-refractivity contribution in [2.24, 2.45) is 0 Å². The van der Waals surface area contributed by atoms with Crippen LogP contribution in [0.1, 0.15) is 27.0 Å². The highest BCUT2D eigenvalue weighted by molar-refractivity contribution is 9.10. The molecule has 104 valence electrons. The Kier molecular flexibility index (Phi) is 4.23. The van der Waals surface area contributed by atoms with Gasteiger partial charge in [-0.15, -0.1) is 0 Å². The number of anilines is 1. The summed E-state index contributed by atoms with van der Waals surface area (Å²) in [4.78, 5) is 12.3. The zero-order chi connectivity index (χ0) is 14.9. The molecule has 2 aromatic carbocycles. The first-order valence-electron chi connectivity index (χ1n) is 6.22. The first-order chi connectivity index (χ1) is 9.38. The van der Waals surface area contributed by atoms with Crippen LogP contribution >= 0.6 is 15.9 Å². The Morgan fingerprint density at radius 1 is 1.10 bits per heavy atom. The summed E-state index contributed by atoms with van der Waals surface area (Å²) in [7, 11) is 0. The van der Waals surface area contributed by atoms with Crippen LogP contribution in [0.15, 0.2) is 34.8 Å². The lowest BCUT2D eigenvalue weighted by Gasteiger charge is -2.12. The molecule has 2 nitrogen and oxygen atoms in total. The van der Waals surface area contributed by atoms with Crippen molar-refractivity contribution in [2.45, 2.75) is 20.8 Å². The maximum absolute atomic E-state index is 13.7. The molecule has 0 atom stereocenters. The van der Waals surface area contributed by atoms with Gasteiger partial charge in [-0.2, -0.15) is 0 Å². The van der Waals surface area contributed by atoms with Crippen LogP contribution in [0.25, 0.3) is 0 Å². The molecule has 0 aromatic heterocycles. The molecule has 0 bridgehead atoms. The Morgan fingerprint density at radius 2 is 1.70 bits per heavy atom. The highest BCUT2D eigenvalue weighted by Gasteiger charge is 2.14. The van der Waals surface area contributed by atoms with Gasteiger partial charge in [-0.25, -0.2) is 4.39 Å². The summed E-state index contributed by atoms with van der Waals surface area (Å²) in [5.41, 5.74) is 3.65. The maximum atomic E-state index is 13.7. The summed E-state index contributed by atoms with van der Waals surface area (Å²) >= 11 is 3.19. The minimum atomic E-state index is -0.463. The molecule has 0 fully saturated rings. The molecule has 2 rings (SSSR count). The zero-order valence-corrected chi connectivity index (χ0v) is 13.1. The van der Waals surface area contributed by atoms with Crippen LogP contribution in [0.4, 0.5) is 10.1 Å². The van der Waals surface area contributed by atoms with Crippen LogP contribution in [0.3, 0.4) is 0 Å². The van der Waals surface area contributed by atoms with Gasteiger partial charge in [0.25, 0.3) is 5.91 Å². The van der Waals surface area contributed by atoms with Gasteiger partial charge in [0.2, 0.25) is 0 Å². The summed E-state index contributed by atoms with van der Waals surface area (Å²) in [6.45, 7) is 5.75. The molecule has 0 aliphatic heterocycles. The van der Waals surface area contributed by atoms with Gasteiger partial charge in [-0.3, -0.25) is 4.79 Å². The fraction of sp³-hybridized carbons (Fsp3) is 0.188. The van der Waals surface area contributed by atoms with Crippen LogP contribution in [-0.2, 0) is 0 Å². The second kappa shape index (κ2) is 5.75. The van der Waals surface area contributed by atoms with Gasteiger partial charge in [0.05, 0.1) is 5.69 Å². The van der Waals surface area contributed by atoms with Crippen LogP contribution in [0, 0.1) is 26.6 Å². The molecule has 0 saturated carbocycles. The van der Waals surface area contributed by atoms with E-state index in [0.717, 1.165) is 16.7 Å². The van der Waals surface area contributed by atoms with Gasteiger partial charge >= 0.3 is 0 Å². The van der Waals surface area contributed by atoms with Crippen molar-refractivity contribution in [3.8, 4) is 0 Å². The van der Waals surface area contributed by atoms with Gasteiger partial charge in [0.15, 0.2) is 0 Å². The third-order valence-electron chi connectivity index (χ3n) is 3.08. The molecule has 1 amide bonds. The van der Waals surface area contributed by atoms with Gasteiger partial charge in [-0.1, -0.05) is 33.6 Å². The molecule has 1 N–H and O–H groups in total. The number of nitrogens with one attached hydrogen (secondary N) is 1. The van der Waals surface area contributed by atoms with Gasteiger partial charge < -0.3 is 5.32 Å². The summed E-state index contributed by atoms with van der Waals surface area (Å²) in [6.07, 6.45) is 0. The van der Waals surface area contributed by atoms with E-state index in [0.29, 0.717) is 10.0 Å². The zero-order valence-electron chi connectivity index (χ0n) is 11.6. The Morgan fingerprint density at radius 3 is 2.25 bits per heavy atom. The van der Waals surface area contributed by atoms with Gasteiger partial charge in [0, 0.05) is 10.0 Å². The fourth-order valence-corrected chi connectivity index (χ4v) is 2.65. The van der Waals surface area contributed by atoms with Crippen LogP contribution in [0.5, 0.6) is 0 Å². The van der Waals surface area contributed by atoms with Crippen molar-refractivity contribution < 1.29 is 9.18 Å². The highest BCUT2D eigenvalue weighted by atomic mass is 79.9. The lowest BCUT2D eigenvalue weighted by atomic mass is 9.99. The number of hydrogen-bond acceptors (Lipinski definition) is 1. The van der Waals surface area contributed by atoms with Crippen molar-refractivity contribution in [2.75, 3.05) is 5.32 Å². The lowest BCUT2D eigenvalue weighted by Crippen LogP contribution is -2.16. The van der Waals surface area contributed by atoms with Gasteiger partial charge in [-0.05, 0) is 50.1 Å². The lowest BCUT2D eigenvalue weighted by molar-refractivity contribution is 0.102. The van der Waals surface area contributed by atoms with E-state index in [1.165, 1.54) is 12.1 Å². The minimum Gasteiger partial charge on any atom is -0.319 e. The Hall–Kier alpha value is -1.68. The maximum Gasteiger partial charge on any atom is 0.256 e. The molecule has 0 radical (unpaired) electrons. The molecule has 0 aliphatic rings. The average molecular weight is 336 g/mol. The van der Waals surface area contributed by atoms with E-state index in [1.807, 2.05) is 32.9 Å². The molecule has 4 heteroatoms. The number of halogens is 2. The van der Waals surface area contributed by atoms with Gasteiger partial charge in [0.1, 0.15) is 5.82 Å². The number of rotatable bonds is 2. The number of carbonyl (C=O) groups is 1. The van der Waals surface area contributed by atoms with E-state index >= 15 is 0 Å². The smallest absolute Gasteiger partial charge is 0.256 e. The third kappa shape index (κ3) is 3.07. The third-order valence-corrected chi connectivity index (χ3v) is 3.58. The minimum absolute atomic E-state index is 0.178. The van der Waals surface area contributed by atoms with E-state index in [2.05, 4.69) is 21.2 Å². The summed E-state index contributed by atoms with van der Waals surface area (Å²) in [6, 6.07) is 8.44. The largest absolute Gasteiger partial charge is 0.319 e. The highest BCUT2D eigenvalue weighted by Crippen LogP contribution is 2.22. The van der Waals surface area contributed by atoms with Crippen molar-refractivity contribution >= 4 is 27.5 Å². The van der Waals surface area contributed by atoms with E-state index in [1.54, 1.807) is 6.07 Å². The number of amides is 1. The number of hydrogen-bond donors (Lipinski definition) is 1. The first kappa shape index (κ1) is 14.7. The molecule has 20 heavy (non-hydrogen) atoms.